The largest absolute Gasteiger partial charge is 0.349 e. The van der Waals surface area contributed by atoms with Crippen molar-refractivity contribution < 1.29 is 4.79 Å². The molecule has 1 amide bonds. The van der Waals surface area contributed by atoms with Crippen LogP contribution in [0.4, 0.5) is 0 Å². The van der Waals surface area contributed by atoms with Gasteiger partial charge in [-0.05, 0) is 68.6 Å². The van der Waals surface area contributed by atoms with E-state index in [1.54, 1.807) is 0 Å². The van der Waals surface area contributed by atoms with E-state index in [-0.39, 0.29) is 11.9 Å². The molecule has 0 bridgehead atoms. The highest BCUT2D eigenvalue weighted by Gasteiger charge is 2.21. The number of nitrogens with zero attached hydrogens (tertiary/aromatic N) is 2. The SMILES string of the molecule is CCN(Cc1ccc(C(=O)NC2CCN(Cc3ccc(Cl)cc3)CC2)cc1)C(C)C. The molecular weight excluding hydrogens is 394 g/mol. The quantitative estimate of drug-likeness (QED) is 0.646. The average molecular weight is 428 g/mol. The van der Waals surface area contributed by atoms with E-state index < -0.39 is 0 Å². The van der Waals surface area contributed by atoms with E-state index in [0.717, 1.165) is 56.2 Å². The summed E-state index contributed by atoms with van der Waals surface area (Å²) in [6.07, 6.45) is 1.97. The molecule has 4 nitrogen and oxygen atoms in total. The molecule has 0 saturated carbocycles. The highest BCUT2D eigenvalue weighted by Crippen LogP contribution is 2.17. The van der Waals surface area contributed by atoms with Gasteiger partial charge in [0.05, 0.1) is 0 Å². The van der Waals surface area contributed by atoms with Crippen molar-refractivity contribution in [1.29, 1.82) is 0 Å². The molecule has 1 fully saturated rings. The first-order chi connectivity index (χ1) is 14.4. The molecule has 1 N–H and O–H groups in total. The molecule has 5 heteroatoms. The van der Waals surface area contributed by atoms with Gasteiger partial charge in [-0.25, -0.2) is 0 Å². The number of piperidine rings is 1. The van der Waals surface area contributed by atoms with E-state index in [9.17, 15) is 4.79 Å². The number of halogens is 1. The van der Waals surface area contributed by atoms with Gasteiger partial charge in [0.25, 0.3) is 5.91 Å². The first kappa shape index (κ1) is 22.8. The molecule has 3 rings (SSSR count). The lowest BCUT2D eigenvalue weighted by atomic mass is 10.0. The van der Waals surface area contributed by atoms with Gasteiger partial charge >= 0.3 is 0 Å². The van der Waals surface area contributed by atoms with Crippen LogP contribution in [0.1, 0.15) is 55.1 Å². The number of nitrogens with one attached hydrogen (secondary N) is 1. The first-order valence-corrected chi connectivity index (χ1v) is 11.4. The van der Waals surface area contributed by atoms with Gasteiger partial charge in [-0.3, -0.25) is 14.6 Å². The third-order valence-corrected chi connectivity index (χ3v) is 6.23. The standard InChI is InChI=1S/C25H34ClN3O/c1-4-29(19(2)3)18-21-5-9-22(10-6-21)25(30)27-24-13-15-28(16-14-24)17-20-7-11-23(26)12-8-20/h5-12,19,24H,4,13-18H2,1-3H3,(H,27,30). The zero-order valence-corrected chi connectivity index (χ0v) is 19.2. The minimum atomic E-state index is 0.0360. The van der Waals surface area contributed by atoms with Crippen molar-refractivity contribution in [2.24, 2.45) is 0 Å². The number of hydrogen-bond acceptors (Lipinski definition) is 3. The molecule has 1 aliphatic rings. The van der Waals surface area contributed by atoms with Crippen molar-refractivity contribution in [3.63, 3.8) is 0 Å². The molecule has 1 saturated heterocycles. The second-order valence-corrected chi connectivity index (χ2v) is 8.94. The van der Waals surface area contributed by atoms with Gasteiger partial charge in [0, 0.05) is 48.8 Å². The van der Waals surface area contributed by atoms with Gasteiger partial charge in [0.15, 0.2) is 0 Å². The molecule has 1 aliphatic heterocycles. The molecule has 2 aromatic carbocycles. The molecule has 162 valence electrons. The van der Waals surface area contributed by atoms with Gasteiger partial charge in [0.2, 0.25) is 0 Å². The summed E-state index contributed by atoms with van der Waals surface area (Å²) >= 11 is 5.97. The minimum Gasteiger partial charge on any atom is -0.349 e. The summed E-state index contributed by atoms with van der Waals surface area (Å²) < 4.78 is 0. The van der Waals surface area contributed by atoms with Crippen LogP contribution in [-0.4, -0.2) is 47.4 Å². The molecule has 2 aromatic rings. The van der Waals surface area contributed by atoms with Crippen molar-refractivity contribution in [2.75, 3.05) is 19.6 Å². The normalized spacial score (nSPS) is 15.7. The Labute approximate surface area is 186 Å². The van der Waals surface area contributed by atoms with Crippen LogP contribution in [0.25, 0.3) is 0 Å². The summed E-state index contributed by atoms with van der Waals surface area (Å²) in [7, 11) is 0. The summed E-state index contributed by atoms with van der Waals surface area (Å²) in [6, 6.07) is 16.9. The zero-order chi connectivity index (χ0) is 21.5. The average Bonchev–Trinajstić information content (AvgIpc) is 2.75. The van der Waals surface area contributed by atoms with Crippen LogP contribution in [0.3, 0.4) is 0 Å². The smallest absolute Gasteiger partial charge is 0.251 e. The number of amides is 1. The summed E-state index contributed by atoms with van der Waals surface area (Å²) in [6.45, 7) is 11.5. The Morgan fingerprint density at radius 1 is 1.07 bits per heavy atom. The minimum absolute atomic E-state index is 0.0360. The van der Waals surface area contributed by atoms with Crippen LogP contribution in [0, 0.1) is 0 Å². The maximum Gasteiger partial charge on any atom is 0.251 e. The highest BCUT2D eigenvalue weighted by atomic mass is 35.5. The highest BCUT2D eigenvalue weighted by molar-refractivity contribution is 6.30. The number of carbonyl (C=O) groups is 1. The van der Waals surface area contributed by atoms with Crippen LogP contribution in [0.15, 0.2) is 48.5 Å². The summed E-state index contributed by atoms with van der Waals surface area (Å²) in [4.78, 5) is 17.5. The predicted molar refractivity (Wildman–Crippen MR) is 125 cm³/mol. The van der Waals surface area contributed by atoms with Gasteiger partial charge < -0.3 is 5.32 Å². The Kier molecular flexibility index (Phi) is 8.32. The molecule has 30 heavy (non-hydrogen) atoms. The Hall–Kier alpha value is -1.88. The van der Waals surface area contributed by atoms with Gasteiger partial charge in [-0.15, -0.1) is 0 Å². The molecule has 0 unspecified atom stereocenters. The van der Waals surface area contributed by atoms with Crippen LogP contribution in [0.5, 0.6) is 0 Å². The fourth-order valence-corrected chi connectivity index (χ4v) is 4.13. The third-order valence-electron chi connectivity index (χ3n) is 5.98. The maximum absolute atomic E-state index is 12.7. The Balaban J connectivity index is 1.45. The molecule has 0 radical (unpaired) electrons. The van der Waals surface area contributed by atoms with E-state index in [0.29, 0.717) is 6.04 Å². The van der Waals surface area contributed by atoms with Crippen molar-refractivity contribution in [3.05, 3.63) is 70.2 Å². The monoisotopic (exact) mass is 427 g/mol. The van der Waals surface area contributed by atoms with Gasteiger partial charge in [-0.1, -0.05) is 42.8 Å². The number of hydrogen-bond donors (Lipinski definition) is 1. The zero-order valence-electron chi connectivity index (χ0n) is 18.4. The molecule has 0 aliphatic carbocycles. The lowest BCUT2D eigenvalue weighted by molar-refractivity contribution is 0.0909. The lowest BCUT2D eigenvalue weighted by Gasteiger charge is -2.32. The van der Waals surface area contributed by atoms with E-state index in [2.05, 4.69) is 60.2 Å². The maximum atomic E-state index is 12.7. The van der Waals surface area contributed by atoms with E-state index in [1.165, 1.54) is 11.1 Å². The Morgan fingerprint density at radius 3 is 2.23 bits per heavy atom. The van der Waals surface area contributed by atoms with E-state index >= 15 is 0 Å². The third kappa shape index (κ3) is 6.56. The van der Waals surface area contributed by atoms with Gasteiger partial charge in [-0.2, -0.15) is 0 Å². The fourth-order valence-electron chi connectivity index (χ4n) is 4.01. The Morgan fingerprint density at radius 2 is 1.67 bits per heavy atom. The summed E-state index contributed by atoms with van der Waals surface area (Å²) in [5, 5.41) is 4.00. The van der Waals surface area contributed by atoms with E-state index in [4.69, 9.17) is 11.6 Å². The lowest BCUT2D eigenvalue weighted by Crippen LogP contribution is -2.44. The first-order valence-electron chi connectivity index (χ1n) is 11.0. The predicted octanol–water partition coefficient (Wildman–Crippen LogP) is 4.96. The molecule has 0 spiro atoms. The number of likely N-dealkylation sites (tertiary alicyclic amines) is 1. The molecule has 0 aromatic heterocycles. The van der Waals surface area contributed by atoms with Crippen molar-refractivity contribution in [2.45, 2.75) is 58.8 Å². The van der Waals surface area contributed by atoms with Gasteiger partial charge in [0.1, 0.15) is 0 Å². The summed E-state index contributed by atoms with van der Waals surface area (Å²) in [5.41, 5.74) is 3.27. The van der Waals surface area contributed by atoms with Crippen LogP contribution >= 0.6 is 11.6 Å². The van der Waals surface area contributed by atoms with Crippen LogP contribution < -0.4 is 5.32 Å². The van der Waals surface area contributed by atoms with Crippen molar-refractivity contribution in [3.8, 4) is 0 Å². The van der Waals surface area contributed by atoms with E-state index in [1.807, 2.05) is 24.3 Å². The number of benzene rings is 2. The fraction of sp³-hybridized carbons (Fsp3) is 0.480. The van der Waals surface area contributed by atoms with Crippen molar-refractivity contribution in [1.82, 2.24) is 15.1 Å². The molecular formula is C25H34ClN3O. The number of carbonyl (C=O) groups excluding carboxylic acids is 1. The Bertz CT molecular complexity index is 796. The summed E-state index contributed by atoms with van der Waals surface area (Å²) in [5.74, 6) is 0.0360. The molecule has 0 atom stereocenters. The van der Waals surface area contributed by atoms with Crippen LogP contribution in [-0.2, 0) is 13.1 Å². The van der Waals surface area contributed by atoms with Crippen molar-refractivity contribution >= 4 is 17.5 Å². The second kappa shape index (κ2) is 10.9. The second-order valence-electron chi connectivity index (χ2n) is 8.50. The van der Waals surface area contributed by atoms with Crippen LogP contribution in [0.2, 0.25) is 5.02 Å². The number of rotatable bonds is 8. The molecule has 1 heterocycles. The topological polar surface area (TPSA) is 35.6 Å².